The highest BCUT2D eigenvalue weighted by Gasteiger charge is 2.23. The van der Waals surface area contributed by atoms with Gasteiger partial charge in [0.1, 0.15) is 5.76 Å². The molecule has 0 bridgehead atoms. The quantitative estimate of drug-likeness (QED) is 0.688. The van der Waals surface area contributed by atoms with E-state index >= 15 is 0 Å². The minimum Gasteiger partial charge on any atom is -0.383 e. The van der Waals surface area contributed by atoms with Crippen molar-refractivity contribution in [2.75, 3.05) is 26.8 Å². The minimum atomic E-state index is -0.203. The third-order valence-electron chi connectivity index (χ3n) is 2.51. The van der Waals surface area contributed by atoms with Gasteiger partial charge in [0.25, 0.3) is 5.91 Å². The highest BCUT2D eigenvalue weighted by atomic mass is 16.5. The molecule has 16 heavy (non-hydrogen) atoms. The summed E-state index contributed by atoms with van der Waals surface area (Å²) in [5, 5.41) is 9.72. The maximum atomic E-state index is 11.7. The van der Waals surface area contributed by atoms with E-state index in [4.69, 9.17) is 9.26 Å². The molecule has 0 unspecified atom stereocenters. The van der Waals surface area contributed by atoms with Gasteiger partial charge in [0.05, 0.1) is 6.61 Å². The Kier molecular flexibility index (Phi) is 3.53. The van der Waals surface area contributed by atoms with Crippen LogP contribution in [-0.2, 0) is 17.7 Å². The summed E-state index contributed by atoms with van der Waals surface area (Å²) in [6.07, 6.45) is 0.785. The number of carbonyl (C=O) groups is 1. The number of nitrogens with zero attached hydrogens (tertiary/aromatic N) is 1. The number of carbonyl (C=O) groups excluding carboxylic acids is 1. The Morgan fingerprint density at radius 3 is 3.38 bits per heavy atom. The van der Waals surface area contributed by atoms with Gasteiger partial charge in [-0.2, -0.15) is 0 Å². The Hall–Kier alpha value is -1.40. The number of nitrogens with one attached hydrogen (secondary N) is 2. The first kappa shape index (κ1) is 11.1. The molecule has 1 aromatic heterocycles. The molecule has 2 N–H and O–H groups in total. The van der Waals surface area contributed by atoms with E-state index in [0.29, 0.717) is 25.4 Å². The molecule has 0 saturated heterocycles. The molecule has 88 valence electrons. The van der Waals surface area contributed by atoms with Crippen molar-refractivity contribution in [3.8, 4) is 0 Å². The van der Waals surface area contributed by atoms with Crippen molar-refractivity contribution < 1.29 is 14.1 Å². The Balaban J connectivity index is 2.03. The van der Waals surface area contributed by atoms with E-state index in [2.05, 4.69) is 15.8 Å². The summed E-state index contributed by atoms with van der Waals surface area (Å²) < 4.78 is 9.98. The number of hydrogen-bond donors (Lipinski definition) is 2. The first-order valence-electron chi connectivity index (χ1n) is 5.28. The van der Waals surface area contributed by atoms with Crippen molar-refractivity contribution in [3.63, 3.8) is 0 Å². The number of methoxy groups -OCH3 is 1. The van der Waals surface area contributed by atoms with Crippen LogP contribution in [0, 0.1) is 0 Å². The molecule has 1 amide bonds. The van der Waals surface area contributed by atoms with Crippen molar-refractivity contribution in [3.05, 3.63) is 17.0 Å². The molecular formula is C10H15N3O3. The van der Waals surface area contributed by atoms with Gasteiger partial charge in [-0.25, -0.2) is 0 Å². The molecule has 6 nitrogen and oxygen atoms in total. The predicted octanol–water partition coefficient (Wildman–Crippen LogP) is -0.304. The Bertz CT molecular complexity index is 375. The van der Waals surface area contributed by atoms with E-state index in [9.17, 15) is 4.79 Å². The second-order valence-electron chi connectivity index (χ2n) is 3.61. The zero-order valence-corrected chi connectivity index (χ0v) is 9.21. The molecule has 0 spiro atoms. The normalized spacial score (nSPS) is 14.6. The average Bonchev–Trinajstić information content (AvgIpc) is 2.73. The van der Waals surface area contributed by atoms with Gasteiger partial charge < -0.3 is 19.9 Å². The van der Waals surface area contributed by atoms with Crippen LogP contribution >= 0.6 is 0 Å². The van der Waals surface area contributed by atoms with Crippen LogP contribution in [0.15, 0.2) is 4.52 Å². The molecular weight excluding hydrogens is 210 g/mol. The Morgan fingerprint density at radius 1 is 1.69 bits per heavy atom. The molecule has 2 rings (SSSR count). The van der Waals surface area contributed by atoms with Crippen molar-refractivity contribution in [2.24, 2.45) is 0 Å². The standard InChI is InChI=1S/C10H15N3O3/c1-15-5-4-12-10(14)9-7-6-11-3-2-8(7)16-13-9/h11H,2-6H2,1H3,(H,12,14). The molecule has 1 aliphatic heterocycles. The third kappa shape index (κ3) is 2.23. The van der Waals surface area contributed by atoms with Crippen LogP contribution in [0.3, 0.4) is 0 Å². The van der Waals surface area contributed by atoms with E-state index in [1.807, 2.05) is 0 Å². The lowest BCUT2D eigenvalue weighted by molar-refractivity contribution is 0.0927. The molecule has 0 saturated carbocycles. The van der Waals surface area contributed by atoms with Crippen molar-refractivity contribution in [1.82, 2.24) is 15.8 Å². The monoisotopic (exact) mass is 225 g/mol. The maximum Gasteiger partial charge on any atom is 0.273 e. The predicted molar refractivity (Wildman–Crippen MR) is 56.1 cm³/mol. The fraction of sp³-hybridized carbons (Fsp3) is 0.600. The van der Waals surface area contributed by atoms with Crippen LogP contribution in [0.2, 0.25) is 0 Å². The SMILES string of the molecule is COCCNC(=O)c1noc2c1CNCC2. The van der Waals surface area contributed by atoms with Crippen LogP contribution in [0.25, 0.3) is 0 Å². The summed E-state index contributed by atoms with van der Waals surface area (Å²) in [7, 11) is 1.59. The molecule has 0 radical (unpaired) electrons. The second kappa shape index (κ2) is 5.09. The zero-order chi connectivity index (χ0) is 11.4. The van der Waals surface area contributed by atoms with E-state index in [1.165, 1.54) is 0 Å². The van der Waals surface area contributed by atoms with Gasteiger partial charge in [-0.3, -0.25) is 4.79 Å². The van der Waals surface area contributed by atoms with Gasteiger partial charge in [0.15, 0.2) is 5.69 Å². The molecule has 1 aliphatic rings. The Labute approximate surface area is 93.3 Å². The van der Waals surface area contributed by atoms with Crippen LogP contribution in [0.4, 0.5) is 0 Å². The van der Waals surface area contributed by atoms with Gasteiger partial charge >= 0.3 is 0 Å². The van der Waals surface area contributed by atoms with Crippen molar-refractivity contribution in [2.45, 2.75) is 13.0 Å². The Morgan fingerprint density at radius 2 is 2.56 bits per heavy atom. The smallest absolute Gasteiger partial charge is 0.273 e. The van der Waals surface area contributed by atoms with Gasteiger partial charge in [-0.05, 0) is 0 Å². The van der Waals surface area contributed by atoms with Gasteiger partial charge in [0, 0.05) is 38.7 Å². The van der Waals surface area contributed by atoms with Crippen LogP contribution in [-0.4, -0.2) is 37.9 Å². The topological polar surface area (TPSA) is 76.4 Å². The van der Waals surface area contributed by atoms with Crippen LogP contribution in [0.5, 0.6) is 0 Å². The fourth-order valence-corrected chi connectivity index (χ4v) is 1.67. The highest BCUT2D eigenvalue weighted by Crippen LogP contribution is 2.17. The lowest BCUT2D eigenvalue weighted by Crippen LogP contribution is -2.30. The summed E-state index contributed by atoms with van der Waals surface area (Å²) >= 11 is 0. The van der Waals surface area contributed by atoms with Gasteiger partial charge in [0.2, 0.25) is 0 Å². The molecule has 6 heteroatoms. The molecule has 1 aromatic rings. The zero-order valence-electron chi connectivity index (χ0n) is 9.21. The largest absolute Gasteiger partial charge is 0.383 e. The maximum absolute atomic E-state index is 11.7. The van der Waals surface area contributed by atoms with Gasteiger partial charge in [-0.15, -0.1) is 0 Å². The van der Waals surface area contributed by atoms with Crippen LogP contribution < -0.4 is 10.6 Å². The summed E-state index contributed by atoms with van der Waals surface area (Å²) in [5.41, 5.74) is 1.26. The summed E-state index contributed by atoms with van der Waals surface area (Å²) in [6, 6.07) is 0. The molecule has 0 fully saturated rings. The molecule has 0 aromatic carbocycles. The number of rotatable bonds is 4. The number of fused-ring (bicyclic) bond motifs is 1. The third-order valence-corrected chi connectivity index (χ3v) is 2.51. The number of aromatic nitrogens is 1. The first-order valence-corrected chi connectivity index (χ1v) is 5.28. The molecule has 2 heterocycles. The number of amides is 1. The highest BCUT2D eigenvalue weighted by molar-refractivity contribution is 5.93. The number of hydrogen-bond acceptors (Lipinski definition) is 5. The van der Waals surface area contributed by atoms with E-state index in [1.54, 1.807) is 7.11 Å². The lowest BCUT2D eigenvalue weighted by Gasteiger charge is -2.10. The number of ether oxygens (including phenoxy) is 1. The minimum absolute atomic E-state index is 0.203. The average molecular weight is 225 g/mol. The first-order chi connectivity index (χ1) is 7.83. The molecule has 0 atom stereocenters. The summed E-state index contributed by atoms with van der Waals surface area (Å²) in [6.45, 7) is 2.48. The fourth-order valence-electron chi connectivity index (χ4n) is 1.67. The van der Waals surface area contributed by atoms with Crippen molar-refractivity contribution in [1.29, 1.82) is 0 Å². The van der Waals surface area contributed by atoms with E-state index in [0.717, 1.165) is 24.3 Å². The van der Waals surface area contributed by atoms with Crippen molar-refractivity contribution >= 4 is 5.91 Å². The summed E-state index contributed by atoms with van der Waals surface area (Å²) in [4.78, 5) is 11.7. The second-order valence-corrected chi connectivity index (χ2v) is 3.61. The summed E-state index contributed by atoms with van der Waals surface area (Å²) in [5.74, 6) is 0.612. The van der Waals surface area contributed by atoms with E-state index in [-0.39, 0.29) is 5.91 Å². The van der Waals surface area contributed by atoms with Gasteiger partial charge in [-0.1, -0.05) is 5.16 Å². The molecule has 0 aliphatic carbocycles. The lowest BCUT2D eigenvalue weighted by atomic mass is 10.1. The van der Waals surface area contributed by atoms with Crippen LogP contribution in [0.1, 0.15) is 21.8 Å². The van der Waals surface area contributed by atoms with E-state index < -0.39 is 0 Å².